The zero-order valence-corrected chi connectivity index (χ0v) is 19.0. The van der Waals surface area contributed by atoms with Gasteiger partial charge in [0.05, 0.1) is 15.6 Å². The first kappa shape index (κ1) is 21.5. The van der Waals surface area contributed by atoms with Gasteiger partial charge in [-0.3, -0.25) is 19.3 Å². The normalized spacial score (nSPS) is 21.3. The first-order chi connectivity index (χ1) is 15.9. The van der Waals surface area contributed by atoms with Crippen LogP contribution in [0.1, 0.15) is 18.4 Å². The number of rotatable bonds is 4. The molecule has 0 spiro atoms. The Morgan fingerprint density at radius 3 is 2.52 bits per heavy atom. The smallest absolute Gasteiger partial charge is 0.240 e. The van der Waals surface area contributed by atoms with Crippen LogP contribution in [0.25, 0.3) is 10.2 Å². The summed E-state index contributed by atoms with van der Waals surface area (Å²) < 4.78 is 15.1. The highest BCUT2D eigenvalue weighted by molar-refractivity contribution is 7.22. The molecule has 3 aromatic rings. The lowest BCUT2D eigenvalue weighted by Gasteiger charge is -2.36. The minimum Gasteiger partial charge on any atom is -0.345 e. The Morgan fingerprint density at radius 1 is 1.09 bits per heavy atom. The van der Waals surface area contributed by atoms with Crippen LogP contribution in [0.5, 0.6) is 0 Å². The van der Waals surface area contributed by atoms with Crippen molar-refractivity contribution in [2.45, 2.75) is 18.3 Å². The third-order valence-electron chi connectivity index (χ3n) is 6.56. The minimum absolute atomic E-state index is 0.136. The number of carbonyl (C=O) groups is 3. The van der Waals surface area contributed by atoms with Crippen LogP contribution < -0.4 is 4.90 Å². The number of benzene rings is 2. The van der Waals surface area contributed by atoms with Crippen molar-refractivity contribution >= 4 is 44.4 Å². The fourth-order valence-electron chi connectivity index (χ4n) is 4.65. The Balaban J connectivity index is 1.32. The molecular formula is C24H23FN4O3S. The van der Waals surface area contributed by atoms with Gasteiger partial charge in [-0.15, -0.1) is 0 Å². The van der Waals surface area contributed by atoms with Crippen molar-refractivity contribution in [1.29, 1.82) is 0 Å². The van der Waals surface area contributed by atoms with Crippen LogP contribution in [0.3, 0.4) is 0 Å². The molecule has 33 heavy (non-hydrogen) atoms. The van der Waals surface area contributed by atoms with Gasteiger partial charge in [-0.05, 0) is 29.8 Å². The van der Waals surface area contributed by atoms with E-state index in [1.165, 1.54) is 25.2 Å². The number of likely N-dealkylation sites (tertiary alicyclic amines) is 1. The second kappa shape index (κ2) is 8.22. The van der Waals surface area contributed by atoms with E-state index >= 15 is 0 Å². The summed E-state index contributed by atoms with van der Waals surface area (Å²) in [5.74, 6) is -1.53. The summed E-state index contributed by atoms with van der Waals surface area (Å²) in [4.78, 5) is 48.4. The number of anilines is 1. The van der Waals surface area contributed by atoms with Crippen LogP contribution in [-0.2, 0) is 19.8 Å². The lowest BCUT2D eigenvalue weighted by molar-refractivity contribution is -0.141. The minimum atomic E-state index is -1.37. The van der Waals surface area contributed by atoms with E-state index in [1.54, 1.807) is 22.3 Å². The van der Waals surface area contributed by atoms with E-state index in [0.29, 0.717) is 31.7 Å². The van der Waals surface area contributed by atoms with Crippen molar-refractivity contribution in [1.82, 2.24) is 14.8 Å². The third-order valence-corrected chi connectivity index (χ3v) is 7.65. The van der Waals surface area contributed by atoms with Crippen molar-refractivity contribution in [3.05, 3.63) is 59.9 Å². The monoisotopic (exact) mass is 466 g/mol. The summed E-state index contributed by atoms with van der Waals surface area (Å²) >= 11 is 1.63. The van der Waals surface area contributed by atoms with Crippen molar-refractivity contribution in [3.8, 4) is 0 Å². The van der Waals surface area contributed by atoms with Gasteiger partial charge in [0.2, 0.25) is 17.7 Å². The number of thiazole rings is 1. The maximum absolute atomic E-state index is 14.0. The standard InChI is InChI=1S/C24H23FN4O3S/c1-27-20(30)14-24(22(27)32,16-5-4-6-17(25)13-16)15-21(31)28-9-11-29(12-10-28)23-26-18-7-2-3-8-19(18)33-23/h2-8,13H,9-12,14-15H2,1H3/t24-/m0/s1. The van der Waals surface area contributed by atoms with Crippen LogP contribution in [0.4, 0.5) is 9.52 Å². The fourth-order valence-corrected chi connectivity index (χ4v) is 5.67. The quantitative estimate of drug-likeness (QED) is 0.553. The highest BCUT2D eigenvalue weighted by Gasteiger charge is 2.53. The van der Waals surface area contributed by atoms with Crippen LogP contribution >= 0.6 is 11.3 Å². The molecular weight excluding hydrogens is 443 g/mol. The number of amides is 3. The van der Waals surface area contributed by atoms with Crippen LogP contribution in [0.15, 0.2) is 48.5 Å². The van der Waals surface area contributed by atoms with Gasteiger partial charge >= 0.3 is 0 Å². The molecule has 9 heteroatoms. The molecule has 0 aliphatic carbocycles. The van der Waals surface area contributed by atoms with Crippen LogP contribution in [0, 0.1) is 5.82 Å². The molecule has 7 nitrogen and oxygen atoms in total. The van der Waals surface area contributed by atoms with Gasteiger partial charge in [0, 0.05) is 46.1 Å². The van der Waals surface area contributed by atoms with Crippen molar-refractivity contribution < 1.29 is 18.8 Å². The number of likely N-dealkylation sites (N-methyl/N-ethyl adjacent to an activating group) is 1. The molecule has 0 bridgehead atoms. The van der Waals surface area contributed by atoms with Crippen molar-refractivity contribution in [2.75, 3.05) is 38.1 Å². The number of piperazine rings is 1. The van der Waals surface area contributed by atoms with Crippen LogP contribution in [0.2, 0.25) is 0 Å². The molecule has 2 saturated heterocycles. The average molecular weight is 467 g/mol. The molecule has 2 fully saturated rings. The second-order valence-corrected chi connectivity index (χ2v) is 9.55. The molecule has 1 atom stereocenters. The maximum Gasteiger partial charge on any atom is 0.240 e. The first-order valence-electron chi connectivity index (χ1n) is 10.8. The van der Waals surface area contributed by atoms with Gasteiger partial charge in [0.15, 0.2) is 5.13 Å². The molecule has 5 rings (SSSR count). The molecule has 1 aromatic heterocycles. The van der Waals surface area contributed by atoms with Gasteiger partial charge in [0.1, 0.15) is 5.82 Å². The molecule has 0 saturated carbocycles. The Hall–Kier alpha value is -3.33. The zero-order valence-electron chi connectivity index (χ0n) is 18.2. The lowest BCUT2D eigenvalue weighted by atomic mass is 9.75. The number of hydrogen-bond acceptors (Lipinski definition) is 6. The number of nitrogens with zero attached hydrogens (tertiary/aromatic N) is 4. The predicted molar refractivity (Wildman–Crippen MR) is 124 cm³/mol. The second-order valence-electron chi connectivity index (χ2n) is 8.54. The maximum atomic E-state index is 14.0. The Bertz CT molecular complexity index is 1220. The number of hydrogen-bond donors (Lipinski definition) is 0. The molecule has 3 heterocycles. The fraction of sp³-hybridized carbons (Fsp3) is 0.333. The number of halogens is 1. The van der Waals surface area contributed by atoms with Crippen molar-refractivity contribution in [2.24, 2.45) is 0 Å². The summed E-state index contributed by atoms with van der Waals surface area (Å²) in [6.07, 6.45) is -0.296. The average Bonchev–Trinajstić information content (AvgIpc) is 3.35. The molecule has 0 radical (unpaired) electrons. The zero-order chi connectivity index (χ0) is 23.2. The molecule has 3 amide bonds. The summed E-state index contributed by atoms with van der Waals surface area (Å²) in [6.45, 7) is 2.24. The van der Waals surface area contributed by atoms with Gasteiger partial charge in [-0.2, -0.15) is 0 Å². The molecule has 2 aromatic carbocycles. The van der Waals surface area contributed by atoms with E-state index in [2.05, 4.69) is 4.90 Å². The molecule has 2 aliphatic rings. The summed E-state index contributed by atoms with van der Waals surface area (Å²) in [5, 5.41) is 0.928. The number of imide groups is 1. The van der Waals surface area contributed by atoms with E-state index in [4.69, 9.17) is 4.98 Å². The molecule has 170 valence electrons. The van der Waals surface area contributed by atoms with E-state index in [0.717, 1.165) is 20.2 Å². The van der Waals surface area contributed by atoms with Gasteiger partial charge in [-0.1, -0.05) is 35.6 Å². The Morgan fingerprint density at radius 2 is 1.85 bits per heavy atom. The number of para-hydroxylation sites is 1. The van der Waals surface area contributed by atoms with Gasteiger partial charge < -0.3 is 9.80 Å². The SMILES string of the molecule is CN1C(=O)C[C@](CC(=O)N2CCN(c3nc4ccccc4s3)CC2)(c2cccc(F)c2)C1=O. The topological polar surface area (TPSA) is 73.8 Å². The Kier molecular flexibility index (Phi) is 5.36. The van der Waals surface area contributed by atoms with E-state index in [-0.39, 0.29) is 24.7 Å². The highest BCUT2D eigenvalue weighted by atomic mass is 32.1. The van der Waals surface area contributed by atoms with Gasteiger partial charge in [0.25, 0.3) is 0 Å². The number of carbonyl (C=O) groups excluding carboxylic acids is 3. The Labute approximate surface area is 194 Å². The van der Waals surface area contributed by atoms with Crippen LogP contribution in [-0.4, -0.2) is 65.7 Å². The highest BCUT2D eigenvalue weighted by Crippen LogP contribution is 2.40. The predicted octanol–water partition coefficient (Wildman–Crippen LogP) is 2.80. The van der Waals surface area contributed by atoms with E-state index < -0.39 is 17.1 Å². The number of aromatic nitrogens is 1. The van der Waals surface area contributed by atoms with E-state index in [1.807, 2.05) is 24.3 Å². The van der Waals surface area contributed by atoms with Gasteiger partial charge in [-0.25, -0.2) is 9.37 Å². The summed E-state index contributed by atoms with van der Waals surface area (Å²) in [6, 6.07) is 13.6. The number of fused-ring (bicyclic) bond motifs is 1. The van der Waals surface area contributed by atoms with Crippen molar-refractivity contribution in [3.63, 3.8) is 0 Å². The molecule has 0 N–H and O–H groups in total. The molecule has 2 aliphatic heterocycles. The molecule has 0 unspecified atom stereocenters. The summed E-state index contributed by atoms with van der Waals surface area (Å²) in [7, 11) is 1.41. The first-order valence-corrected chi connectivity index (χ1v) is 11.6. The third kappa shape index (κ3) is 3.76. The largest absolute Gasteiger partial charge is 0.345 e. The van der Waals surface area contributed by atoms with E-state index in [9.17, 15) is 18.8 Å². The lowest BCUT2D eigenvalue weighted by Crippen LogP contribution is -2.51. The summed E-state index contributed by atoms with van der Waals surface area (Å²) in [5.41, 5.74) is -0.0388.